The maximum Gasteiger partial charge on any atom is 0.267 e. The molecule has 2 aromatic rings. The third-order valence-electron chi connectivity index (χ3n) is 2.04. The fourth-order valence-corrected chi connectivity index (χ4v) is 2.68. The maximum absolute atomic E-state index is 13.7. The highest BCUT2D eigenvalue weighted by molar-refractivity contribution is 7.92. The molecule has 0 saturated carbocycles. The van der Waals surface area contributed by atoms with Crippen LogP contribution in [-0.2, 0) is 10.0 Å². The summed E-state index contributed by atoms with van der Waals surface area (Å²) >= 11 is 5.54. The van der Waals surface area contributed by atoms with Crippen LogP contribution in [0.2, 0.25) is 5.02 Å². The summed E-state index contributed by atoms with van der Waals surface area (Å²) in [6, 6.07) is 2.11. The van der Waals surface area contributed by atoms with Gasteiger partial charge in [0.15, 0.2) is 5.82 Å². The lowest BCUT2D eigenvalue weighted by Gasteiger charge is -2.08. The molecular formula is C9H8ClFN4O2S. The number of aromatic nitrogens is 2. The van der Waals surface area contributed by atoms with E-state index in [1.807, 2.05) is 0 Å². The molecule has 9 heteroatoms. The standard InChI is InChI=1S/C9H8ClFN4O2S/c10-6-3-5(12)4-7(8(6)11)18(16,17)15-9-13-1-2-14-9/h1-4H,12H2,(H2,13,14,15). The second kappa shape index (κ2) is 4.46. The fourth-order valence-electron chi connectivity index (χ4n) is 1.28. The van der Waals surface area contributed by atoms with E-state index in [9.17, 15) is 12.8 Å². The number of benzene rings is 1. The Kier molecular flexibility index (Phi) is 3.14. The molecule has 0 fully saturated rings. The highest BCUT2D eigenvalue weighted by Crippen LogP contribution is 2.26. The van der Waals surface area contributed by atoms with Gasteiger partial charge in [-0.05, 0) is 12.1 Å². The normalized spacial score (nSPS) is 11.4. The van der Waals surface area contributed by atoms with Crippen LogP contribution in [0.4, 0.5) is 16.0 Å². The van der Waals surface area contributed by atoms with E-state index in [0.717, 1.165) is 12.1 Å². The number of H-pyrrole nitrogens is 1. The van der Waals surface area contributed by atoms with Crippen LogP contribution in [-0.4, -0.2) is 18.4 Å². The molecule has 0 spiro atoms. The monoisotopic (exact) mass is 290 g/mol. The van der Waals surface area contributed by atoms with Gasteiger partial charge in [-0.15, -0.1) is 0 Å². The van der Waals surface area contributed by atoms with Gasteiger partial charge in [0.1, 0.15) is 4.90 Å². The van der Waals surface area contributed by atoms with Crippen molar-refractivity contribution in [1.29, 1.82) is 0 Å². The predicted molar refractivity (Wildman–Crippen MR) is 65.2 cm³/mol. The Morgan fingerprint density at radius 1 is 1.44 bits per heavy atom. The molecule has 1 aromatic carbocycles. The van der Waals surface area contributed by atoms with E-state index in [4.69, 9.17) is 17.3 Å². The average Bonchev–Trinajstić information content (AvgIpc) is 2.75. The molecule has 0 aliphatic carbocycles. The third-order valence-corrected chi connectivity index (χ3v) is 3.65. The molecule has 0 radical (unpaired) electrons. The first-order chi connectivity index (χ1) is 8.40. The number of hydrogen-bond donors (Lipinski definition) is 3. The largest absolute Gasteiger partial charge is 0.399 e. The number of hydrogen-bond acceptors (Lipinski definition) is 4. The molecule has 1 aromatic heterocycles. The van der Waals surface area contributed by atoms with E-state index in [2.05, 4.69) is 14.7 Å². The molecule has 18 heavy (non-hydrogen) atoms. The van der Waals surface area contributed by atoms with Gasteiger partial charge in [0.25, 0.3) is 10.0 Å². The predicted octanol–water partition coefficient (Wildman–Crippen LogP) is 1.59. The minimum atomic E-state index is -4.14. The third kappa shape index (κ3) is 2.39. The molecule has 96 valence electrons. The van der Waals surface area contributed by atoms with Crippen LogP contribution in [0.1, 0.15) is 0 Å². The second-order valence-electron chi connectivity index (χ2n) is 3.36. The highest BCUT2D eigenvalue weighted by atomic mass is 35.5. The van der Waals surface area contributed by atoms with Gasteiger partial charge in [-0.1, -0.05) is 11.6 Å². The summed E-state index contributed by atoms with van der Waals surface area (Å²) in [6.07, 6.45) is 2.76. The van der Waals surface area contributed by atoms with Crippen molar-refractivity contribution in [1.82, 2.24) is 9.97 Å². The Labute approximate surface area is 107 Å². The fraction of sp³-hybridized carbons (Fsp3) is 0. The van der Waals surface area contributed by atoms with Crippen molar-refractivity contribution in [3.63, 3.8) is 0 Å². The number of rotatable bonds is 3. The first-order valence-corrected chi connectivity index (χ1v) is 6.53. The van der Waals surface area contributed by atoms with Crippen molar-refractivity contribution in [2.45, 2.75) is 4.90 Å². The summed E-state index contributed by atoms with van der Waals surface area (Å²) in [5, 5.41) is -0.366. The number of nitrogens with zero attached hydrogens (tertiary/aromatic N) is 1. The van der Waals surface area contributed by atoms with Gasteiger partial charge in [-0.25, -0.2) is 22.5 Å². The number of nitrogens with one attached hydrogen (secondary N) is 2. The van der Waals surface area contributed by atoms with Crippen LogP contribution in [0, 0.1) is 5.82 Å². The molecule has 6 nitrogen and oxygen atoms in total. The van der Waals surface area contributed by atoms with Gasteiger partial charge in [0, 0.05) is 18.1 Å². The first-order valence-electron chi connectivity index (χ1n) is 4.67. The van der Waals surface area contributed by atoms with Gasteiger partial charge in [-0.3, -0.25) is 0 Å². The van der Waals surface area contributed by atoms with Crippen molar-refractivity contribution in [3.05, 3.63) is 35.4 Å². The van der Waals surface area contributed by atoms with Crippen molar-refractivity contribution < 1.29 is 12.8 Å². The van der Waals surface area contributed by atoms with E-state index in [0.29, 0.717) is 0 Å². The Morgan fingerprint density at radius 2 is 2.17 bits per heavy atom. The van der Waals surface area contributed by atoms with Gasteiger partial charge >= 0.3 is 0 Å². The number of imidazole rings is 1. The molecular weight excluding hydrogens is 283 g/mol. The second-order valence-corrected chi connectivity index (χ2v) is 5.42. The molecule has 1 heterocycles. The smallest absolute Gasteiger partial charge is 0.267 e. The van der Waals surface area contributed by atoms with Crippen LogP contribution in [0.15, 0.2) is 29.4 Å². The molecule has 0 atom stereocenters. The lowest BCUT2D eigenvalue weighted by Crippen LogP contribution is -2.16. The van der Waals surface area contributed by atoms with Crippen molar-refractivity contribution in [2.24, 2.45) is 0 Å². The Morgan fingerprint density at radius 3 is 2.78 bits per heavy atom. The van der Waals surface area contributed by atoms with Crippen LogP contribution in [0.5, 0.6) is 0 Å². The number of nitrogens with two attached hydrogens (primary N) is 1. The lowest BCUT2D eigenvalue weighted by molar-refractivity contribution is 0.570. The topological polar surface area (TPSA) is 101 Å². The quantitative estimate of drug-likeness (QED) is 0.747. The molecule has 2 rings (SSSR count). The summed E-state index contributed by atoms with van der Waals surface area (Å²) < 4.78 is 39.5. The number of sulfonamides is 1. The Balaban J connectivity index is 2.48. The molecule has 0 bridgehead atoms. The summed E-state index contributed by atoms with van der Waals surface area (Å²) in [5.41, 5.74) is 5.47. The molecule has 0 saturated heterocycles. The number of aromatic amines is 1. The highest BCUT2D eigenvalue weighted by Gasteiger charge is 2.22. The van der Waals surface area contributed by atoms with E-state index < -0.39 is 20.7 Å². The molecule has 4 N–H and O–H groups in total. The van der Waals surface area contributed by atoms with Crippen LogP contribution >= 0.6 is 11.6 Å². The molecule has 0 aliphatic rings. The molecule has 0 aliphatic heterocycles. The SMILES string of the molecule is Nc1cc(Cl)c(F)c(S(=O)(=O)Nc2ncc[nH]2)c1. The molecule has 0 unspecified atom stereocenters. The maximum atomic E-state index is 13.7. The summed E-state index contributed by atoms with van der Waals surface area (Å²) in [6.45, 7) is 0. The first kappa shape index (κ1) is 12.7. The van der Waals surface area contributed by atoms with E-state index >= 15 is 0 Å². The minimum absolute atomic E-state index is 0.0343. The minimum Gasteiger partial charge on any atom is -0.399 e. The summed E-state index contributed by atoms with van der Waals surface area (Å²) in [5.74, 6) is -1.10. The number of halogens is 2. The Hall–Kier alpha value is -1.80. The van der Waals surface area contributed by atoms with Crippen molar-refractivity contribution in [3.8, 4) is 0 Å². The Bertz CT molecular complexity index is 672. The zero-order chi connectivity index (χ0) is 13.3. The lowest BCUT2D eigenvalue weighted by atomic mass is 10.3. The average molecular weight is 291 g/mol. The van der Waals surface area contributed by atoms with Crippen molar-refractivity contribution in [2.75, 3.05) is 10.5 Å². The number of anilines is 2. The van der Waals surface area contributed by atoms with Gasteiger partial charge < -0.3 is 10.7 Å². The summed E-state index contributed by atoms with van der Waals surface area (Å²) in [4.78, 5) is 5.56. The van der Waals surface area contributed by atoms with E-state index in [-0.39, 0.29) is 16.7 Å². The van der Waals surface area contributed by atoms with Gasteiger partial charge in [0.2, 0.25) is 5.95 Å². The zero-order valence-electron chi connectivity index (χ0n) is 8.81. The van der Waals surface area contributed by atoms with Gasteiger partial charge in [-0.2, -0.15) is 0 Å². The van der Waals surface area contributed by atoms with Gasteiger partial charge in [0.05, 0.1) is 5.02 Å². The van der Waals surface area contributed by atoms with Crippen LogP contribution < -0.4 is 10.5 Å². The van der Waals surface area contributed by atoms with Crippen LogP contribution in [0.3, 0.4) is 0 Å². The van der Waals surface area contributed by atoms with Crippen LogP contribution in [0.25, 0.3) is 0 Å². The number of nitrogen functional groups attached to an aromatic ring is 1. The van der Waals surface area contributed by atoms with E-state index in [1.165, 1.54) is 12.4 Å². The zero-order valence-corrected chi connectivity index (χ0v) is 10.4. The summed E-state index contributed by atoms with van der Waals surface area (Å²) in [7, 11) is -4.14. The van der Waals surface area contributed by atoms with Crippen molar-refractivity contribution >= 4 is 33.3 Å². The molecule has 0 amide bonds. The van der Waals surface area contributed by atoms with E-state index in [1.54, 1.807) is 0 Å².